The van der Waals surface area contributed by atoms with Crippen LogP contribution in [0.3, 0.4) is 0 Å². The van der Waals surface area contributed by atoms with Crippen LogP contribution in [0.4, 0.5) is 0 Å². The van der Waals surface area contributed by atoms with Crippen LogP contribution in [0, 0.1) is 11.8 Å². The van der Waals surface area contributed by atoms with Crippen LogP contribution in [-0.2, 0) is 0 Å². The predicted molar refractivity (Wildman–Crippen MR) is 76.4 cm³/mol. The van der Waals surface area contributed by atoms with Gasteiger partial charge in [0.25, 0.3) is 0 Å². The standard InChI is InChI=1S/C15H32N2/c1-13(2)15-7-11-17(12-8-15)10-6-9-16(5)14(3)4/h13-15H,6-12H2,1-5H3. The average Bonchev–Trinajstić information content (AvgIpc) is 2.29. The molecular weight excluding hydrogens is 208 g/mol. The molecule has 0 saturated carbocycles. The van der Waals surface area contributed by atoms with Crippen LogP contribution in [-0.4, -0.2) is 49.1 Å². The fourth-order valence-electron chi connectivity index (χ4n) is 2.65. The minimum atomic E-state index is 0.682. The van der Waals surface area contributed by atoms with Gasteiger partial charge < -0.3 is 9.80 Å². The van der Waals surface area contributed by atoms with E-state index in [4.69, 9.17) is 0 Å². The third-order valence-corrected chi connectivity index (χ3v) is 4.44. The van der Waals surface area contributed by atoms with Crippen molar-refractivity contribution in [2.24, 2.45) is 11.8 Å². The highest BCUT2D eigenvalue weighted by molar-refractivity contribution is 4.74. The van der Waals surface area contributed by atoms with Gasteiger partial charge in [0, 0.05) is 6.04 Å². The lowest BCUT2D eigenvalue weighted by Crippen LogP contribution is -2.37. The third kappa shape index (κ3) is 5.39. The van der Waals surface area contributed by atoms with Gasteiger partial charge in [-0.2, -0.15) is 0 Å². The molecule has 0 bridgehead atoms. The lowest BCUT2D eigenvalue weighted by molar-refractivity contribution is 0.149. The van der Waals surface area contributed by atoms with Crippen molar-refractivity contribution >= 4 is 0 Å². The van der Waals surface area contributed by atoms with Crippen molar-refractivity contribution in [2.75, 3.05) is 33.2 Å². The monoisotopic (exact) mass is 240 g/mol. The molecule has 1 fully saturated rings. The smallest absolute Gasteiger partial charge is 0.00355 e. The normalized spacial score (nSPS) is 19.8. The van der Waals surface area contributed by atoms with Crippen LogP contribution in [0.2, 0.25) is 0 Å². The van der Waals surface area contributed by atoms with Gasteiger partial charge in [-0.3, -0.25) is 0 Å². The van der Waals surface area contributed by atoms with Gasteiger partial charge in [-0.25, -0.2) is 0 Å². The zero-order chi connectivity index (χ0) is 12.8. The molecule has 0 radical (unpaired) electrons. The quantitative estimate of drug-likeness (QED) is 0.704. The van der Waals surface area contributed by atoms with Crippen molar-refractivity contribution in [1.82, 2.24) is 9.80 Å². The van der Waals surface area contributed by atoms with E-state index in [0.717, 1.165) is 11.8 Å². The largest absolute Gasteiger partial charge is 0.304 e. The molecule has 1 aliphatic heterocycles. The van der Waals surface area contributed by atoms with Crippen LogP contribution in [0.5, 0.6) is 0 Å². The summed E-state index contributed by atoms with van der Waals surface area (Å²) in [6, 6.07) is 0.682. The Morgan fingerprint density at radius 1 is 1.12 bits per heavy atom. The summed E-state index contributed by atoms with van der Waals surface area (Å²) >= 11 is 0. The van der Waals surface area contributed by atoms with Crippen LogP contribution in [0.15, 0.2) is 0 Å². The summed E-state index contributed by atoms with van der Waals surface area (Å²) in [6.45, 7) is 14.5. The molecule has 0 spiro atoms. The summed E-state index contributed by atoms with van der Waals surface area (Å²) in [4.78, 5) is 5.11. The molecule has 2 nitrogen and oxygen atoms in total. The van der Waals surface area contributed by atoms with Crippen LogP contribution >= 0.6 is 0 Å². The summed E-state index contributed by atoms with van der Waals surface area (Å²) < 4.78 is 0. The maximum absolute atomic E-state index is 2.66. The molecule has 0 amide bonds. The maximum atomic E-state index is 2.66. The molecule has 0 aromatic rings. The van der Waals surface area contributed by atoms with E-state index in [1.165, 1.54) is 45.4 Å². The summed E-state index contributed by atoms with van der Waals surface area (Å²) in [7, 11) is 2.23. The van der Waals surface area contributed by atoms with Gasteiger partial charge >= 0.3 is 0 Å². The molecule has 102 valence electrons. The van der Waals surface area contributed by atoms with Crippen molar-refractivity contribution < 1.29 is 0 Å². The molecule has 0 unspecified atom stereocenters. The van der Waals surface area contributed by atoms with Gasteiger partial charge in [-0.1, -0.05) is 13.8 Å². The second-order valence-electron chi connectivity index (χ2n) is 6.35. The minimum absolute atomic E-state index is 0.682. The minimum Gasteiger partial charge on any atom is -0.304 e. The molecule has 1 heterocycles. The maximum Gasteiger partial charge on any atom is 0.00355 e. The van der Waals surface area contributed by atoms with Crippen LogP contribution in [0.1, 0.15) is 47.0 Å². The highest BCUT2D eigenvalue weighted by Crippen LogP contribution is 2.24. The summed E-state index contributed by atoms with van der Waals surface area (Å²) in [5, 5.41) is 0. The lowest BCUT2D eigenvalue weighted by Gasteiger charge is -2.34. The Labute approximate surface area is 108 Å². The number of hydrogen-bond acceptors (Lipinski definition) is 2. The van der Waals surface area contributed by atoms with Crippen molar-refractivity contribution in [3.8, 4) is 0 Å². The van der Waals surface area contributed by atoms with Gasteiger partial charge in [0.2, 0.25) is 0 Å². The van der Waals surface area contributed by atoms with Crippen molar-refractivity contribution in [1.29, 1.82) is 0 Å². The predicted octanol–water partition coefficient (Wildman–Crippen LogP) is 3.08. The Kier molecular flexibility index (Phi) is 6.50. The van der Waals surface area contributed by atoms with Gasteiger partial charge in [0.15, 0.2) is 0 Å². The van der Waals surface area contributed by atoms with E-state index in [0.29, 0.717) is 6.04 Å². The van der Waals surface area contributed by atoms with E-state index < -0.39 is 0 Å². The second kappa shape index (κ2) is 7.38. The molecule has 1 rings (SSSR count). The molecule has 17 heavy (non-hydrogen) atoms. The molecule has 1 saturated heterocycles. The molecule has 1 aliphatic rings. The highest BCUT2D eigenvalue weighted by Gasteiger charge is 2.20. The van der Waals surface area contributed by atoms with E-state index in [9.17, 15) is 0 Å². The molecular formula is C15H32N2. The van der Waals surface area contributed by atoms with Gasteiger partial charge in [-0.05, 0) is 78.2 Å². The van der Waals surface area contributed by atoms with Crippen molar-refractivity contribution in [3.05, 3.63) is 0 Å². The van der Waals surface area contributed by atoms with Gasteiger partial charge in [0.1, 0.15) is 0 Å². The van der Waals surface area contributed by atoms with Gasteiger partial charge in [0.05, 0.1) is 0 Å². The SMILES string of the molecule is CC(C)C1CCN(CCCN(C)C(C)C)CC1. The highest BCUT2D eigenvalue weighted by atomic mass is 15.1. The van der Waals surface area contributed by atoms with E-state index in [1.54, 1.807) is 0 Å². The molecule has 0 atom stereocenters. The molecule has 0 aliphatic carbocycles. The lowest BCUT2D eigenvalue weighted by atomic mass is 9.87. The topological polar surface area (TPSA) is 6.48 Å². The Hall–Kier alpha value is -0.0800. The van der Waals surface area contributed by atoms with E-state index in [1.807, 2.05) is 0 Å². The Morgan fingerprint density at radius 3 is 2.18 bits per heavy atom. The fourth-order valence-corrected chi connectivity index (χ4v) is 2.65. The number of nitrogens with zero attached hydrogens (tertiary/aromatic N) is 2. The number of piperidine rings is 1. The zero-order valence-electron chi connectivity index (χ0n) is 12.6. The van der Waals surface area contributed by atoms with Crippen molar-refractivity contribution in [2.45, 2.75) is 53.0 Å². The third-order valence-electron chi connectivity index (χ3n) is 4.44. The Balaban J connectivity index is 2.10. The zero-order valence-corrected chi connectivity index (χ0v) is 12.6. The second-order valence-corrected chi connectivity index (χ2v) is 6.35. The molecule has 0 aromatic carbocycles. The Bertz CT molecular complexity index is 193. The first-order chi connectivity index (χ1) is 8.00. The first-order valence-corrected chi connectivity index (χ1v) is 7.43. The Morgan fingerprint density at radius 2 is 1.71 bits per heavy atom. The average molecular weight is 240 g/mol. The summed E-state index contributed by atoms with van der Waals surface area (Å²) in [5.74, 6) is 1.86. The molecule has 2 heteroatoms. The number of likely N-dealkylation sites (tertiary alicyclic amines) is 1. The van der Waals surface area contributed by atoms with E-state index >= 15 is 0 Å². The van der Waals surface area contributed by atoms with E-state index in [-0.39, 0.29) is 0 Å². The first kappa shape index (κ1) is 15.0. The fraction of sp³-hybridized carbons (Fsp3) is 1.00. The first-order valence-electron chi connectivity index (χ1n) is 7.43. The van der Waals surface area contributed by atoms with Crippen molar-refractivity contribution in [3.63, 3.8) is 0 Å². The number of rotatable bonds is 6. The van der Waals surface area contributed by atoms with Crippen LogP contribution < -0.4 is 0 Å². The van der Waals surface area contributed by atoms with Gasteiger partial charge in [-0.15, -0.1) is 0 Å². The number of hydrogen-bond donors (Lipinski definition) is 0. The molecule has 0 N–H and O–H groups in total. The molecule has 0 aromatic heterocycles. The summed E-state index contributed by atoms with van der Waals surface area (Å²) in [6.07, 6.45) is 4.15. The summed E-state index contributed by atoms with van der Waals surface area (Å²) in [5.41, 5.74) is 0. The van der Waals surface area contributed by atoms with Crippen LogP contribution in [0.25, 0.3) is 0 Å². The van der Waals surface area contributed by atoms with E-state index in [2.05, 4.69) is 44.5 Å².